The zero-order valence-electron chi connectivity index (χ0n) is 11.8. The van der Waals surface area contributed by atoms with Gasteiger partial charge in [-0.2, -0.15) is 5.26 Å². The van der Waals surface area contributed by atoms with E-state index in [0.29, 0.717) is 27.2 Å². The first-order chi connectivity index (χ1) is 11.1. The highest BCUT2D eigenvalue weighted by atomic mass is 35.5. The minimum Gasteiger partial charge on any atom is -0.504 e. The summed E-state index contributed by atoms with van der Waals surface area (Å²) < 4.78 is 0. The van der Waals surface area contributed by atoms with E-state index in [0.717, 1.165) is 5.56 Å². The Morgan fingerprint density at radius 3 is 2.61 bits per heavy atom. The average Bonchev–Trinajstić information content (AvgIpc) is 2.58. The average molecular weight is 341 g/mol. The van der Waals surface area contributed by atoms with Gasteiger partial charge in [0.2, 0.25) is 0 Å². The topological polar surface area (TPSA) is 56.9 Å². The molecule has 2 aromatic carbocycles. The van der Waals surface area contributed by atoms with Crippen molar-refractivity contribution in [2.24, 2.45) is 0 Å². The van der Waals surface area contributed by atoms with Crippen molar-refractivity contribution in [1.29, 1.82) is 5.26 Å². The molecule has 23 heavy (non-hydrogen) atoms. The minimum atomic E-state index is -0.0984. The molecule has 3 rings (SSSR count). The number of benzene rings is 2. The molecule has 5 heteroatoms. The number of nitrogens with zero attached hydrogens (tertiary/aromatic N) is 2. The van der Waals surface area contributed by atoms with Crippen LogP contribution < -0.4 is 0 Å². The van der Waals surface area contributed by atoms with Gasteiger partial charge in [-0.15, -0.1) is 0 Å². The Hall–Kier alpha value is -2.54. The number of phenolic OH excluding ortho intramolecular Hbond substituents is 1. The van der Waals surface area contributed by atoms with Crippen LogP contribution in [0.3, 0.4) is 0 Å². The van der Waals surface area contributed by atoms with E-state index in [2.05, 4.69) is 11.1 Å². The van der Waals surface area contributed by atoms with Crippen molar-refractivity contribution in [1.82, 2.24) is 4.98 Å². The molecule has 0 fully saturated rings. The van der Waals surface area contributed by atoms with Crippen LogP contribution in [0.1, 0.15) is 16.8 Å². The molecule has 0 radical (unpaired) electrons. The molecule has 112 valence electrons. The quantitative estimate of drug-likeness (QED) is 0.689. The van der Waals surface area contributed by atoms with Crippen LogP contribution in [0.15, 0.2) is 42.5 Å². The van der Waals surface area contributed by atoms with Crippen LogP contribution in [0.25, 0.3) is 23.1 Å². The van der Waals surface area contributed by atoms with E-state index in [1.54, 1.807) is 30.4 Å². The summed E-state index contributed by atoms with van der Waals surface area (Å²) in [5, 5.41) is 20.4. The fourth-order valence-corrected chi connectivity index (χ4v) is 2.75. The summed E-state index contributed by atoms with van der Waals surface area (Å²) in [5.41, 5.74) is 2.35. The van der Waals surface area contributed by atoms with Crippen molar-refractivity contribution in [3.63, 3.8) is 0 Å². The third-order valence-electron chi connectivity index (χ3n) is 3.39. The first kappa shape index (κ1) is 15.4. The van der Waals surface area contributed by atoms with Gasteiger partial charge in [0.25, 0.3) is 0 Å². The molecule has 0 amide bonds. The van der Waals surface area contributed by atoms with Crippen molar-refractivity contribution in [3.05, 3.63) is 69.3 Å². The molecule has 0 unspecified atom stereocenters. The van der Waals surface area contributed by atoms with Crippen LogP contribution in [0.5, 0.6) is 5.75 Å². The second-order valence-corrected chi connectivity index (χ2v) is 5.67. The Kier molecular flexibility index (Phi) is 4.20. The Morgan fingerprint density at radius 1 is 1.04 bits per heavy atom. The van der Waals surface area contributed by atoms with Gasteiger partial charge in [0.05, 0.1) is 27.4 Å². The van der Waals surface area contributed by atoms with Crippen LogP contribution in [-0.4, -0.2) is 10.1 Å². The lowest BCUT2D eigenvalue weighted by Crippen LogP contribution is -1.86. The SMILES string of the molecule is N#Cc1ccccc1/C=C/c1ccc2c(Cl)cc(Cl)c(O)c2n1. The highest BCUT2D eigenvalue weighted by molar-refractivity contribution is 6.39. The maximum atomic E-state index is 10.1. The predicted octanol–water partition coefficient (Wildman–Crippen LogP) is 5.29. The lowest BCUT2D eigenvalue weighted by molar-refractivity contribution is 0.480. The second-order valence-electron chi connectivity index (χ2n) is 4.85. The number of aromatic nitrogens is 1. The lowest BCUT2D eigenvalue weighted by Gasteiger charge is -2.05. The zero-order chi connectivity index (χ0) is 16.4. The van der Waals surface area contributed by atoms with Gasteiger partial charge < -0.3 is 5.11 Å². The van der Waals surface area contributed by atoms with Crippen LogP contribution >= 0.6 is 23.2 Å². The van der Waals surface area contributed by atoms with Crippen LogP contribution in [0.4, 0.5) is 0 Å². The third kappa shape index (κ3) is 3.00. The van der Waals surface area contributed by atoms with Gasteiger partial charge in [-0.3, -0.25) is 0 Å². The van der Waals surface area contributed by atoms with Gasteiger partial charge >= 0.3 is 0 Å². The highest BCUT2D eigenvalue weighted by Crippen LogP contribution is 2.36. The molecule has 3 aromatic rings. The number of halogens is 2. The van der Waals surface area contributed by atoms with E-state index in [1.165, 1.54) is 6.07 Å². The third-order valence-corrected chi connectivity index (χ3v) is 3.99. The summed E-state index contributed by atoms with van der Waals surface area (Å²) in [6.07, 6.45) is 3.57. The fourth-order valence-electron chi connectivity index (χ4n) is 2.23. The van der Waals surface area contributed by atoms with Crippen molar-refractivity contribution in [2.75, 3.05) is 0 Å². The van der Waals surface area contributed by atoms with E-state index in [4.69, 9.17) is 28.5 Å². The van der Waals surface area contributed by atoms with Gasteiger partial charge in [-0.25, -0.2) is 4.98 Å². The van der Waals surface area contributed by atoms with Crippen LogP contribution in [-0.2, 0) is 0 Å². The van der Waals surface area contributed by atoms with Crippen molar-refractivity contribution < 1.29 is 5.11 Å². The Morgan fingerprint density at radius 2 is 1.83 bits per heavy atom. The van der Waals surface area contributed by atoms with E-state index in [-0.39, 0.29) is 10.8 Å². The molecule has 1 N–H and O–H groups in total. The van der Waals surface area contributed by atoms with Gasteiger partial charge in [-0.1, -0.05) is 47.5 Å². The molecule has 0 atom stereocenters. The summed E-state index contributed by atoms with van der Waals surface area (Å²) >= 11 is 12.0. The number of pyridine rings is 1. The smallest absolute Gasteiger partial charge is 0.160 e. The zero-order valence-corrected chi connectivity index (χ0v) is 13.3. The van der Waals surface area contributed by atoms with Crippen LogP contribution in [0.2, 0.25) is 10.0 Å². The molecule has 0 aliphatic rings. The van der Waals surface area contributed by atoms with E-state index >= 15 is 0 Å². The maximum Gasteiger partial charge on any atom is 0.160 e. The molecule has 0 spiro atoms. The first-order valence-corrected chi connectivity index (χ1v) is 7.50. The summed E-state index contributed by atoms with van der Waals surface area (Å²) in [4.78, 5) is 4.38. The van der Waals surface area contributed by atoms with Gasteiger partial charge in [0.1, 0.15) is 5.52 Å². The monoisotopic (exact) mass is 340 g/mol. The van der Waals surface area contributed by atoms with Crippen molar-refractivity contribution in [2.45, 2.75) is 0 Å². The molecule has 1 heterocycles. The van der Waals surface area contributed by atoms with Crippen molar-refractivity contribution in [3.8, 4) is 11.8 Å². The Labute approximate surface area is 143 Å². The number of hydrogen-bond acceptors (Lipinski definition) is 3. The second kappa shape index (κ2) is 6.29. The predicted molar refractivity (Wildman–Crippen MR) is 93.5 cm³/mol. The number of aromatic hydroxyl groups is 1. The molecular weight excluding hydrogens is 331 g/mol. The molecule has 1 aromatic heterocycles. The molecule has 0 aliphatic heterocycles. The Balaban J connectivity index is 2.06. The fraction of sp³-hybridized carbons (Fsp3) is 0. The molecular formula is C18H10Cl2N2O. The van der Waals surface area contributed by atoms with Crippen LogP contribution in [0, 0.1) is 11.3 Å². The van der Waals surface area contributed by atoms with Gasteiger partial charge in [0, 0.05) is 5.39 Å². The molecule has 0 saturated carbocycles. The van der Waals surface area contributed by atoms with E-state index in [1.807, 2.05) is 18.2 Å². The normalized spacial score (nSPS) is 11.0. The molecule has 3 nitrogen and oxygen atoms in total. The summed E-state index contributed by atoms with van der Waals surface area (Å²) in [6.45, 7) is 0. The number of nitriles is 1. The van der Waals surface area contributed by atoms with E-state index in [9.17, 15) is 5.11 Å². The molecule has 0 aliphatic carbocycles. The maximum absolute atomic E-state index is 10.1. The van der Waals surface area contributed by atoms with Gasteiger partial charge in [0.15, 0.2) is 5.75 Å². The lowest BCUT2D eigenvalue weighted by atomic mass is 10.1. The number of rotatable bonds is 2. The van der Waals surface area contributed by atoms with Crippen molar-refractivity contribution >= 4 is 46.3 Å². The van der Waals surface area contributed by atoms with Gasteiger partial charge in [-0.05, 0) is 35.9 Å². The van der Waals surface area contributed by atoms with E-state index < -0.39 is 0 Å². The highest BCUT2D eigenvalue weighted by Gasteiger charge is 2.10. The number of hydrogen-bond donors (Lipinski definition) is 1. The summed E-state index contributed by atoms with van der Waals surface area (Å²) in [5.74, 6) is -0.0984. The minimum absolute atomic E-state index is 0.0984. The molecule has 0 bridgehead atoms. The number of fused-ring (bicyclic) bond motifs is 1. The largest absolute Gasteiger partial charge is 0.504 e. The Bertz CT molecular complexity index is 975. The molecule has 0 saturated heterocycles. The summed E-state index contributed by atoms with van der Waals surface area (Å²) in [6, 6.07) is 14.5. The first-order valence-electron chi connectivity index (χ1n) is 6.75. The number of phenols is 1. The standard InChI is InChI=1S/C18H10Cl2N2O/c19-15-9-16(20)18(23)17-14(15)8-7-13(22-17)6-5-11-3-1-2-4-12(11)10-21/h1-9,23H/b6-5+. The summed E-state index contributed by atoms with van der Waals surface area (Å²) in [7, 11) is 0.